The van der Waals surface area contributed by atoms with Gasteiger partial charge in [0.1, 0.15) is 5.75 Å². The highest BCUT2D eigenvalue weighted by molar-refractivity contribution is 6.30. The fourth-order valence-corrected chi connectivity index (χ4v) is 3.96. The Morgan fingerprint density at radius 3 is 2.75 bits per heavy atom. The average molecular weight is 455 g/mol. The van der Waals surface area contributed by atoms with Crippen molar-refractivity contribution in [3.63, 3.8) is 0 Å². The largest absolute Gasteiger partial charge is 0.489 e. The molecule has 0 saturated carbocycles. The van der Waals surface area contributed by atoms with Crippen LogP contribution >= 0.6 is 11.6 Å². The van der Waals surface area contributed by atoms with Crippen LogP contribution in [0, 0.1) is 5.92 Å². The van der Waals surface area contributed by atoms with Crippen molar-refractivity contribution in [1.82, 2.24) is 15.0 Å². The van der Waals surface area contributed by atoms with Gasteiger partial charge >= 0.3 is 0 Å². The Hall–Kier alpha value is -2.90. The molecule has 2 aromatic carbocycles. The van der Waals surface area contributed by atoms with E-state index < -0.39 is 0 Å². The topological polar surface area (TPSA) is 80.5 Å². The lowest BCUT2D eigenvalue weighted by molar-refractivity contribution is -0.121. The predicted molar refractivity (Wildman–Crippen MR) is 124 cm³/mol. The molecule has 1 N–H and O–H groups in total. The molecule has 0 spiro atoms. The van der Waals surface area contributed by atoms with Gasteiger partial charge in [0, 0.05) is 16.5 Å². The summed E-state index contributed by atoms with van der Waals surface area (Å²) in [4.78, 5) is 19.5. The van der Waals surface area contributed by atoms with E-state index in [-0.39, 0.29) is 17.9 Å². The number of benzene rings is 2. The molecule has 0 unspecified atom stereocenters. The number of hydrogen-bond donors (Lipinski definition) is 1. The third kappa shape index (κ3) is 5.66. The number of para-hydroxylation sites is 2. The first-order valence-electron chi connectivity index (χ1n) is 10.9. The van der Waals surface area contributed by atoms with E-state index in [9.17, 15) is 4.79 Å². The van der Waals surface area contributed by atoms with Crippen molar-refractivity contribution in [2.75, 3.05) is 18.4 Å². The molecule has 0 radical (unpaired) electrons. The minimum absolute atomic E-state index is 0.0329. The smallest absolute Gasteiger partial charge is 0.241 e. The third-order valence-corrected chi connectivity index (χ3v) is 5.61. The molecule has 1 saturated heterocycles. The number of nitrogens with zero attached hydrogens (tertiary/aromatic N) is 3. The maximum Gasteiger partial charge on any atom is 0.241 e. The zero-order valence-corrected chi connectivity index (χ0v) is 19.0. The number of hydrogen-bond acceptors (Lipinski definition) is 6. The van der Waals surface area contributed by atoms with Crippen LogP contribution in [0.1, 0.15) is 32.6 Å². The van der Waals surface area contributed by atoms with Gasteiger partial charge in [0.2, 0.25) is 17.6 Å². The van der Waals surface area contributed by atoms with Gasteiger partial charge in [0.25, 0.3) is 0 Å². The number of ether oxygens (including phenoxy) is 1. The second-order valence-corrected chi connectivity index (χ2v) is 8.66. The van der Waals surface area contributed by atoms with E-state index in [1.807, 2.05) is 62.4 Å². The van der Waals surface area contributed by atoms with Crippen molar-refractivity contribution in [1.29, 1.82) is 0 Å². The first kappa shape index (κ1) is 22.3. The molecular weight excluding hydrogens is 428 g/mol. The van der Waals surface area contributed by atoms with Crippen LogP contribution < -0.4 is 10.1 Å². The molecule has 1 fully saturated rings. The van der Waals surface area contributed by atoms with Gasteiger partial charge in [0.15, 0.2) is 0 Å². The monoisotopic (exact) mass is 454 g/mol. The van der Waals surface area contributed by atoms with Crippen LogP contribution in [0.25, 0.3) is 11.4 Å². The Kier molecular flexibility index (Phi) is 7.07. The summed E-state index contributed by atoms with van der Waals surface area (Å²) < 4.78 is 11.2. The molecule has 3 aromatic rings. The lowest BCUT2D eigenvalue weighted by Crippen LogP contribution is -2.37. The summed E-state index contributed by atoms with van der Waals surface area (Å²) in [6.45, 7) is 6.08. The van der Waals surface area contributed by atoms with Crippen molar-refractivity contribution in [3.8, 4) is 17.1 Å². The Bertz CT molecular complexity index is 1060. The van der Waals surface area contributed by atoms with Gasteiger partial charge in [-0.05, 0) is 64.0 Å². The molecule has 4 rings (SSSR count). The Balaban J connectivity index is 1.30. The van der Waals surface area contributed by atoms with Gasteiger partial charge in [-0.3, -0.25) is 9.69 Å². The fourth-order valence-electron chi connectivity index (χ4n) is 3.77. The van der Waals surface area contributed by atoms with Crippen molar-refractivity contribution in [2.24, 2.45) is 5.92 Å². The maximum absolute atomic E-state index is 12.8. The quantitative estimate of drug-likeness (QED) is 0.539. The van der Waals surface area contributed by atoms with Crippen molar-refractivity contribution in [2.45, 2.75) is 39.3 Å². The van der Waals surface area contributed by atoms with Crippen LogP contribution in [0.2, 0.25) is 5.02 Å². The summed E-state index contributed by atoms with van der Waals surface area (Å²) in [5.41, 5.74) is 1.54. The molecule has 0 atom stereocenters. The molecule has 1 aliphatic heterocycles. The van der Waals surface area contributed by atoms with Gasteiger partial charge < -0.3 is 14.6 Å². The molecule has 1 amide bonds. The summed E-state index contributed by atoms with van der Waals surface area (Å²) in [6.07, 6.45) is 1.59. The van der Waals surface area contributed by atoms with E-state index in [0.717, 1.165) is 31.5 Å². The van der Waals surface area contributed by atoms with Crippen LogP contribution in [-0.2, 0) is 11.3 Å². The van der Waals surface area contributed by atoms with Crippen LogP contribution in [0.3, 0.4) is 0 Å². The number of carbonyl (C=O) groups excluding carboxylic acids is 1. The summed E-state index contributed by atoms with van der Waals surface area (Å²) in [6, 6.07) is 14.9. The molecule has 32 heavy (non-hydrogen) atoms. The maximum atomic E-state index is 12.8. The lowest BCUT2D eigenvalue weighted by atomic mass is 9.96. The number of halogens is 1. The van der Waals surface area contributed by atoms with Gasteiger partial charge in [-0.25, -0.2) is 0 Å². The van der Waals surface area contributed by atoms with E-state index in [4.69, 9.17) is 20.9 Å². The number of likely N-dealkylation sites (tertiary alicyclic amines) is 1. The second-order valence-electron chi connectivity index (χ2n) is 8.22. The standard InChI is InChI=1S/C24H27ClN4O3/c1-16(2)31-21-9-4-3-8-20(21)26-24(30)17-10-12-29(13-11-17)15-22-27-23(28-32-22)18-6-5-7-19(25)14-18/h3-9,14,16-17H,10-13,15H2,1-2H3,(H,26,30). The molecule has 1 aliphatic rings. The molecule has 8 heteroatoms. The van der Waals surface area contributed by atoms with Crippen LogP contribution in [-0.4, -0.2) is 40.1 Å². The molecule has 2 heterocycles. The number of rotatable bonds is 7. The number of anilines is 1. The highest BCUT2D eigenvalue weighted by atomic mass is 35.5. The molecule has 0 bridgehead atoms. The highest BCUT2D eigenvalue weighted by Gasteiger charge is 2.26. The van der Waals surface area contributed by atoms with Crippen LogP contribution in [0.15, 0.2) is 53.1 Å². The third-order valence-electron chi connectivity index (χ3n) is 5.38. The Morgan fingerprint density at radius 2 is 2.00 bits per heavy atom. The minimum Gasteiger partial charge on any atom is -0.489 e. The first-order chi connectivity index (χ1) is 15.5. The first-order valence-corrected chi connectivity index (χ1v) is 11.2. The summed E-state index contributed by atoms with van der Waals surface area (Å²) in [5.74, 6) is 1.77. The zero-order chi connectivity index (χ0) is 22.5. The van der Waals surface area contributed by atoms with Crippen molar-refractivity contribution in [3.05, 3.63) is 59.4 Å². The molecule has 7 nitrogen and oxygen atoms in total. The van der Waals surface area contributed by atoms with E-state index in [0.29, 0.717) is 34.7 Å². The van der Waals surface area contributed by atoms with E-state index in [1.54, 1.807) is 0 Å². The van der Waals surface area contributed by atoms with Crippen molar-refractivity contribution >= 4 is 23.2 Å². The minimum atomic E-state index is -0.0388. The van der Waals surface area contributed by atoms with E-state index in [2.05, 4.69) is 20.4 Å². The number of carbonyl (C=O) groups is 1. The number of nitrogens with one attached hydrogen (secondary N) is 1. The normalized spacial score (nSPS) is 15.1. The van der Waals surface area contributed by atoms with Gasteiger partial charge in [-0.1, -0.05) is 41.0 Å². The summed E-state index contributed by atoms with van der Waals surface area (Å²) >= 11 is 6.04. The predicted octanol–water partition coefficient (Wildman–Crippen LogP) is 5.03. The molecule has 0 aliphatic carbocycles. The van der Waals surface area contributed by atoms with Gasteiger partial charge in [-0.2, -0.15) is 4.98 Å². The zero-order valence-electron chi connectivity index (χ0n) is 18.3. The summed E-state index contributed by atoms with van der Waals surface area (Å²) in [7, 11) is 0. The number of amides is 1. The Labute approximate surface area is 192 Å². The van der Waals surface area contributed by atoms with Crippen molar-refractivity contribution < 1.29 is 14.1 Å². The number of aromatic nitrogens is 2. The van der Waals surface area contributed by atoms with Gasteiger partial charge in [-0.15, -0.1) is 0 Å². The SMILES string of the molecule is CC(C)Oc1ccccc1NC(=O)C1CCN(Cc2nc(-c3cccc(Cl)c3)no2)CC1. The fraction of sp³-hybridized carbons (Fsp3) is 0.375. The number of piperidine rings is 1. The molecule has 168 valence electrons. The summed E-state index contributed by atoms with van der Waals surface area (Å²) in [5, 5.41) is 7.74. The highest BCUT2D eigenvalue weighted by Crippen LogP contribution is 2.27. The van der Waals surface area contributed by atoms with E-state index >= 15 is 0 Å². The Morgan fingerprint density at radius 1 is 1.22 bits per heavy atom. The van der Waals surface area contributed by atoms with Crippen LogP contribution in [0.4, 0.5) is 5.69 Å². The molecule has 1 aromatic heterocycles. The lowest BCUT2D eigenvalue weighted by Gasteiger charge is -2.30. The van der Waals surface area contributed by atoms with E-state index in [1.165, 1.54) is 0 Å². The van der Waals surface area contributed by atoms with Gasteiger partial charge in [0.05, 0.1) is 18.3 Å². The van der Waals surface area contributed by atoms with Crippen LogP contribution in [0.5, 0.6) is 5.75 Å². The second kappa shape index (κ2) is 10.1. The average Bonchev–Trinajstić information content (AvgIpc) is 3.24. The molecular formula is C24H27ClN4O3.